The van der Waals surface area contributed by atoms with Crippen molar-refractivity contribution in [3.05, 3.63) is 29.3 Å². The molecule has 24 heavy (non-hydrogen) atoms. The number of likely N-dealkylation sites (N-methyl/N-ethyl adjacent to an activating group) is 1. The van der Waals surface area contributed by atoms with Gasteiger partial charge in [0.05, 0.1) is 19.2 Å². The van der Waals surface area contributed by atoms with Crippen LogP contribution in [0.25, 0.3) is 0 Å². The number of aryl methyl sites for hydroxylation is 1. The molecule has 1 aromatic rings. The topological polar surface area (TPSA) is 58.6 Å². The largest absolute Gasteiger partial charge is 0.465 e. The number of rotatable bonds is 6. The third-order valence-electron chi connectivity index (χ3n) is 4.77. The Labute approximate surface area is 144 Å². The van der Waals surface area contributed by atoms with Gasteiger partial charge in [0.15, 0.2) is 0 Å². The monoisotopic (exact) mass is 332 g/mol. The number of esters is 1. The highest BCUT2D eigenvalue weighted by atomic mass is 16.5. The van der Waals surface area contributed by atoms with E-state index in [1.807, 2.05) is 24.8 Å². The quantitative estimate of drug-likeness (QED) is 0.812. The molecule has 0 radical (unpaired) electrons. The van der Waals surface area contributed by atoms with Gasteiger partial charge in [-0.2, -0.15) is 0 Å². The van der Waals surface area contributed by atoms with Crippen LogP contribution in [-0.2, 0) is 9.53 Å². The predicted octanol–water partition coefficient (Wildman–Crippen LogP) is 3.37. The van der Waals surface area contributed by atoms with Crippen LogP contribution in [0, 0.1) is 6.92 Å². The van der Waals surface area contributed by atoms with E-state index < -0.39 is 0 Å². The molecular formula is C19H28N2O3. The molecule has 0 bridgehead atoms. The number of nitrogens with one attached hydrogen (secondary N) is 1. The van der Waals surface area contributed by atoms with Gasteiger partial charge < -0.3 is 15.0 Å². The van der Waals surface area contributed by atoms with Crippen LogP contribution in [0.1, 0.15) is 54.9 Å². The summed E-state index contributed by atoms with van der Waals surface area (Å²) in [6.45, 7) is 4.98. The van der Waals surface area contributed by atoms with Crippen molar-refractivity contribution in [3.63, 3.8) is 0 Å². The zero-order valence-electron chi connectivity index (χ0n) is 14.9. The molecule has 1 amide bonds. The van der Waals surface area contributed by atoms with Gasteiger partial charge >= 0.3 is 5.97 Å². The summed E-state index contributed by atoms with van der Waals surface area (Å²) in [5.41, 5.74) is 2.28. The number of ether oxygens (including phenoxy) is 1. The van der Waals surface area contributed by atoms with Crippen LogP contribution in [0.2, 0.25) is 0 Å². The predicted molar refractivity (Wildman–Crippen MR) is 95.3 cm³/mol. The number of anilines is 1. The van der Waals surface area contributed by atoms with Crippen LogP contribution >= 0.6 is 0 Å². The van der Waals surface area contributed by atoms with E-state index in [1.165, 1.54) is 26.4 Å². The van der Waals surface area contributed by atoms with E-state index in [1.54, 1.807) is 12.1 Å². The van der Waals surface area contributed by atoms with Crippen molar-refractivity contribution in [3.8, 4) is 0 Å². The summed E-state index contributed by atoms with van der Waals surface area (Å²) in [5.74, 6) is -0.256. The molecule has 0 atom stereocenters. The van der Waals surface area contributed by atoms with E-state index in [2.05, 4.69) is 5.32 Å². The highest BCUT2D eigenvalue weighted by Gasteiger charge is 2.23. The molecule has 1 aliphatic carbocycles. The third-order valence-corrected chi connectivity index (χ3v) is 4.77. The van der Waals surface area contributed by atoms with Crippen molar-refractivity contribution in [1.29, 1.82) is 0 Å². The molecule has 1 saturated carbocycles. The number of carbonyl (C=O) groups is 2. The summed E-state index contributed by atoms with van der Waals surface area (Å²) < 4.78 is 4.75. The normalized spacial score (nSPS) is 15.0. The Bertz CT molecular complexity index is 580. The Balaban J connectivity index is 2.00. The van der Waals surface area contributed by atoms with Gasteiger partial charge in [0.25, 0.3) is 0 Å². The van der Waals surface area contributed by atoms with Gasteiger partial charge in [-0.15, -0.1) is 0 Å². The zero-order valence-corrected chi connectivity index (χ0v) is 14.9. The summed E-state index contributed by atoms with van der Waals surface area (Å²) >= 11 is 0. The Kier molecular flexibility index (Phi) is 6.64. The molecule has 0 spiro atoms. The first-order valence-corrected chi connectivity index (χ1v) is 8.79. The molecule has 2 rings (SSSR count). The fourth-order valence-corrected chi connectivity index (χ4v) is 3.36. The molecule has 1 aliphatic rings. The maximum atomic E-state index is 12.6. The number of amides is 1. The second kappa shape index (κ2) is 8.71. The maximum absolute atomic E-state index is 12.6. The van der Waals surface area contributed by atoms with Crippen molar-refractivity contribution in [2.24, 2.45) is 0 Å². The first-order valence-electron chi connectivity index (χ1n) is 8.79. The molecule has 1 fully saturated rings. The summed E-state index contributed by atoms with van der Waals surface area (Å²) in [5, 5.41) is 3.19. The first-order chi connectivity index (χ1) is 11.6. The minimum Gasteiger partial charge on any atom is -0.465 e. The van der Waals surface area contributed by atoms with E-state index in [9.17, 15) is 9.59 Å². The van der Waals surface area contributed by atoms with Gasteiger partial charge in [-0.05, 0) is 44.4 Å². The van der Waals surface area contributed by atoms with Gasteiger partial charge in [0, 0.05) is 18.3 Å². The fraction of sp³-hybridized carbons (Fsp3) is 0.579. The number of carbonyl (C=O) groups excluding carboxylic acids is 2. The number of nitrogens with zero attached hydrogens (tertiary/aromatic N) is 1. The smallest absolute Gasteiger partial charge is 0.337 e. The molecule has 5 nitrogen and oxygen atoms in total. The van der Waals surface area contributed by atoms with Gasteiger partial charge in [0.1, 0.15) is 0 Å². The molecule has 132 valence electrons. The summed E-state index contributed by atoms with van der Waals surface area (Å²) in [4.78, 5) is 26.2. The summed E-state index contributed by atoms with van der Waals surface area (Å²) in [6, 6.07) is 5.71. The molecular weight excluding hydrogens is 304 g/mol. The molecule has 0 aromatic heterocycles. The van der Waals surface area contributed by atoms with Crippen molar-refractivity contribution in [2.45, 2.75) is 52.0 Å². The lowest BCUT2D eigenvalue weighted by Crippen LogP contribution is -2.44. The molecule has 0 unspecified atom stereocenters. The Morgan fingerprint density at radius 2 is 1.96 bits per heavy atom. The first kappa shape index (κ1) is 18.3. The summed E-state index contributed by atoms with van der Waals surface area (Å²) in [6.07, 6.45) is 5.91. The Hall–Kier alpha value is -2.04. The Morgan fingerprint density at radius 3 is 2.58 bits per heavy atom. The molecule has 1 N–H and O–H groups in total. The number of benzene rings is 1. The van der Waals surface area contributed by atoms with Gasteiger partial charge in [0.2, 0.25) is 5.91 Å². The van der Waals surface area contributed by atoms with E-state index in [4.69, 9.17) is 4.74 Å². The average molecular weight is 332 g/mol. The van der Waals surface area contributed by atoms with Crippen LogP contribution in [0.3, 0.4) is 0 Å². The third kappa shape index (κ3) is 4.49. The van der Waals surface area contributed by atoms with Crippen molar-refractivity contribution in [1.82, 2.24) is 4.90 Å². The molecule has 0 heterocycles. The van der Waals surface area contributed by atoms with Gasteiger partial charge in [-0.25, -0.2) is 4.79 Å². The molecule has 0 saturated heterocycles. The lowest BCUT2D eigenvalue weighted by Gasteiger charge is -2.33. The second-order valence-corrected chi connectivity index (χ2v) is 6.35. The number of hydrogen-bond acceptors (Lipinski definition) is 4. The maximum Gasteiger partial charge on any atom is 0.337 e. The minimum absolute atomic E-state index is 0.118. The highest BCUT2D eigenvalue weighted by molar-refractivity contribution is 5.91. The standard InChI is InChI=1S/C19H28N2O3/c1-4-21(16-8-6-5-7-9-16)18(22)13-20-17-12-15(19(23)24-3)11-10-14(17)2/h10-12,16,20H,4-9,13H2,1-3H3. The molecule has 5 heteroatoms. The van der Waals surface area contributed by atoms with E-state index in [-0.39, 0.29) is 18.4 Å². The molecule has 1 aromatic carbocycles. The SMILES string of the molecule is CCN(C(=O)CNc1cc(C(=O)OC)ccc1C)C1CCCCC1. The van der Waals surface area contributed by atoms with Crippen molar-refractivity contribution >= 4 is 17.6 Å². The van der Waals surface area contributed by atoms with Crippen LogP contribution in [-0.4, -0.2) is 43.0 Å². The second-order valence-electron chi connectivity index (χ2n) is 6.35. The van der Waals surface area contributed by atoms with Crippen LogP contribution in [0.4, 0.5) is 5.69 Å². The number of methoxy groups -OCH3 is 1. The lowest BCUT2D eigenvalue weighted by molar-refractivity contribution is -0.132. The minimum atomic E-state index is -0.373. The zero-order chi connectivity index (χ0) is 17.5. The average Bonchev–Trinajstić information content (AvgIpc) is 2.62. The van der Waals surface area contributed by atoms with Gasteiger partial charge in [-0.1, -0.05) is 25.3 Å². The van der Waals surface area contributed by atoms with Gasteiger partial charge in [-0.3, -0.25) is 4.79 Å². The van der Waals surface area contributed by atoms with Crippen LogP contribution in [0.15, 0.2) is 18.2 Å². The highest BCUT2D eigenvalue weighted by Crippen LogP contribution is 2.23. The van der Waals surface area contributed by atoms with E-state index in [0.717, 1.165) is 30.6 Å². The number of hydrogen-bond donors (Lipinski definition) is 1. The lowest BCUT2D eigenvalue weighted by atomic mass is 9.94. The Morgan fingerprint density at radius 1 is 1.25 bits per heavy atom. The van der Waals surface area contributed by atoms with Crippen LogP contribution in [0.5, 0.6) is 0 Å². The van der Waals surface area contributed by atoms with E-state index >= 15 is 0 Å². The van der Waals surface area contributed by atoms with Crippen molar-refractivity contribution < 1.29 is 14.3 Å². The van der Waals surface area contributed by atoms with E-state index in [0.29, 0.717) is 11.6 Å². The van der Waals surface area contributed by atoms with Crippen LogP contribution < -0.4 is 5.32 Å². The fourth-order valence-electron chi connectivity index (χ4n) is 3.36. The molecule has 0 aliphatic heterocycles. The summed E-state index contributed by atoms with van der Waals surface area (Å²) in [7, 11) is 1.36. The van der Waals surface area contributed by atoms with Crippen molar-refractivity contribution in [2.75, 3.05) is 25.5 Å².